The van der Waals surface area contributed by atoms with Gasteiger partial charge in [-0.05, 0) is 36.4 Å². The summed E-state index contributed by atoms with van der Waals surface area (Å²) < 4.78 is 3.09. The van der Waals surface area contributed by atoms with Crippen molar-refractivity contribution in [3.8, 4) is 11.4 Å². The molecule has 0 aliphatic carbocycles. The molecule has 0 unspecified atom stereocenters. The van der Waals surface area contributed by atoms with Crippen LogP contribution in [-0.2, 0) is 0 Å². The van der Waals surface area contributed by atoms with Gasteiger partial charge in [0.1, 0.15) is 0 Å². The third-order valence-electron chi connectivity index (χ3n) is 3.35. The Labute approximate surface area is 126 Å². The normalized spacial score (nSPS) is 10.7. The van der Waals surface area contributed by atoms with Gasteiger partial charge in [-0.15, -0.1) is 0 Å². The lowest BCUT2D eigenvalue weighted by atomic mass is 10.3. The number of nitrogens with zero attached hydrogens (tertiary/aromatic N) is 2. The molecule has 3 rings (SSSR count). The second-order valence-corrected chi connectivity index (χ2v) is 5.10. The molecule has 0 spiro atoms. The minimum absolute atomic E-state index is 0.196. The lowest BCUT2D eigenvalue weighted by Gasteiger charge is -2.02. The van der Waals surface area contributed by atoms with Gasteiger partial charge >= 0.3 is 5.69 Å². The van der Waals surface area contributed by atoms with Crippen molar-refractivity contribution in [3.63, 3.8) is 0 Å². The van der Waals surface area contributed by atoms with E-state index in [4.69, 9.17) is 11.6 Å². The first-order valence-electron chi connectivity index (χ1n) is 6.42. The third-order valence-corrected chi connectivity index (χ3v) is 3.61. The van der Waals surface area contributed by atoms with Crippen LogP contribution in [0, 0.1) is 0 Å². The third kappa shape index (κ3) is 2.22. The van der Waals surface area contributed by atoms with Crippen molar-refractivity contribution in [1.82, 2.24) is 9.13 Å². The number of imidazole rings is 1. The number of para-hydroxylation sites is 1. The second-order valence-electron chi connectivity index (χ2n) is 4.66. The predicted octanol–water partition coefficient (Wildman–Crippen LogP) is 2.10. The lowest BCUT2D eigenvalue weighted by Crippen LogP contribution is -2.29. The average molecular weight is 297 g/mol. The van der Waals surface area contributed by atoms with Gasteiger partial charge in [0.15, 0.2) is 0 Å². The zero-order chi connectivity index (χ0) is 15.0. The highest BCUT2D eigenvalue weighted by atomic mass is 35.5. The summed E-state index contributed by atoms with van der Waals surface area (Å²) in [6, 6.07) is 16.4. The molecule has 0 bridgehead atoms. The molecule has 0 saturated heterocycles. The molecule has 2 aromatic carbocycles. The average Bonchev–Trinajstić information content (AvgIpc) is 2.72. The van der Waals surface area contributed by atoms with Crippen molar-refractivity contribution < 1.29 is 0 Å². The maximum absolute atomic E-state index is 12.7. The molecule has 0 amide bonds. The highest BCUT2D eigenvalue weighted by Crippen LogP contribution is 2.11. The molecule has 21 heavy (non-hydrogen) atoms. The van der Waals surface area contributed by atoms with E-state index in [1.165, 1.54) is 4.57 Å². The highest BCUT2D eigenvalue weighted by molar-refractivity contribution is 6.30. The standard InChI is InChI=1S/C17H13ClN2O/c1-12-13(2)20(16-10-8-14(18)9-11-16)17(21)19(12)15-6-4-3-5-7-15/h3-11H,1-2H2. The molecule has 0 atom stereocenters. The van der Waals surface area contributed by atoms with Crippen molar-refractivity contribution >= 4 is 24.8 Å². The van der Waals surface area contributed by atoms with E-state index < -0.39 is 0 Å². The second kappa shape index (κ2) is 5.11. The fourth-order valence-electron chi connectivity index (χ4n) is 2.29. The summed E-state index contributed by atoms with van der Waals surface area (Å²) >= 11 is 5.89. The maximum atomic E-state index is 12.7. The van der Waals surface area contributed by atoms with Crippen LogP contribution in [0.2, 0.25) is 5.02 Å². The number of hydrogen-bond donors (Lipinski definition) is 0. The largest absolute Gasteiger partial charge is 0.338 e. The van der Waals surface area contributed by atoms with Crippen molar-refractivity contribution in [1.29, 1.82) is 0 Å². The van der Waals surface area contributed by atoms with Crippen LogP contribution in [0.5, 0.6) is 0 Å². The van der Waals surface area contributed by atoms with Gasteiger partial charge < -0.3 is 0 Å². The van der Waals surface area contributed by atoms with Crippen LogP contribution in [0.3, 0.4) is 0 Å². The summed E-state index contributed by atoms with van der Waals surface area (Å²) in [7, 11) is 0. The zero-order valence-electron chi connectivity index (χ0n) is 11.3. The van der Waals surface area contributed by atoms with Crippen molar-refractivity contribution in [2.24, 2.45) is 0 Å². The Hall–Kier alpha value is -2.52. The lowest BCUT2D eigenvalue weighted by molar-refractivity contribution is 0.894. The fourth-order valence-corrected chi connectivity index (χ4v) is 2.41. The molecule has 0 aliphatic rings. The molecular formula is C17H13ClN2O. The SMILES string of the molecule is C=c1c(=C)n(-c2ccc(Cl)cc2)c(=O)n1-c1ccccc1. The summed E-state index contributed by atoms with van der Waals surface area (Å²) in [5, 5.41) is 1.75. The Morgan fingerprint density at radius 1 is 0.762 bits per heavy atom. The van der Waals surface area contributed by atoms with Gasteiger partial charge in [0.2, 0.25) is 0 Å². The van der Waals surface area contributed by atoms with Gasteiger partial charge in [0, 0.05) is 5.02 Å². The molecule has 0 radical (unpaired) electrons. The topological polar surface area (TPSA) is 26.9 Å². The molecule has 1 aromatic heterocycles. The highest BCUT2D eigenvalue weighted by Gasteiger charge is 2.11. The van der Waals surface area contributed by atoms with E-state index in [-0.39, 0.29) is 5.69 Å². The van der Waals surface area contributed by atoms with Gasteiger partial charge in [-0.1, -0.05) is 43.0 Å². The minimum atomic E-state index is -0.196. The summed E-state index contributed by atoms with van der Waals surface area (Å²) in [4.78, 5) is 12.7. The Balaban J connectivity index is 2.31. The summed E-state index contributed by atoms with van der Waals surface area (Å²) in [6.45, 7) is 7.95. The number of aromatic nitrogens is 2. The van der Waals surface area contributed by atoms with Crippen LogP contribution in [0.4, 0.5) is 0 Å². The van der Waals surface area contributed by atoms with Crippen molar-refractivity contribution in [2.75, 3.05) is 0 Å². The van der Waals surface area contributed by atoms with Crippen LogP contribution in [0.25, 0.3) is 24.5 Å². The monoisotopic (exact) mass is 296 g/mol. The van der Waals surface area contributed by atoms with Crippen LogP contribution >= 0.6 is 11.6 Å². The minimum Gasteiger partial charge on any atom is -0.261 e. The summed E-state index contributed by atoms with van der Waals surface area (Å²) in [5.41, 5.74) is 1.29. The van der Waals surface area contributed by atoms with Gasteiger partial charge in [0.25, 0.3) is 0 Å². The van der Waals surface area contributed by atoms with E-state index in [2.05, 4.69) is 13.2 Å². The van der Waals surface area contributed by atoms with Crippen molar-refractivity contribution in [3.05, 3.63) is 80.8 Å². The van der Waals surface area contributed by atoms with Crippen LogP contribution in [0.15, 0.2) is 59.4 Å². The van der Waals surface area contributed by atoms with E-state index >= 15 is 0 Å². The molecule has 3 nitrogen and oxygen atoms in total. The number of hydrogen-bond acceptors (Lipinski definition) is 1. The maximum Gasteiger partial charge on any atom is 0.338 e. The first-order chi connectivity index (χ1) is 10.1. The van der Waals surface area contributed by atoms with Gasteiger partial charge in [0.05, 0.1) is 22.1 Å². The predicted molar refractivity (Wildman–Crippen MR) is 86.7 cm³/mol. The van der Waals surface area contributed by atoms with Gasteiger partial charge in [-0.25, -0.2) is 4.79 Å². The summed E-state index contributed by atoms with van der Waals surface area (Å²) in [5.74, 6) is 0. The molecule has 3 aromatic rings. The summed E-state index contributed by atoms with van der Waals surface area (Å²) in [6.07, 6.45) is 0. The molecule has 1 heterocycles. The molecule has 0 N–H and O–H groups in total. The van der Waals surface area contributed by atoms with Gasteiger partial charge in [-0.2, -0.15) is 0 Å². The Bertz CT molecular complexity index is 937. The molecular weight excluding hydrogens is 284 g/mol. The zero-order valence-corrected chi connectivity index (χ0v) is 12.0. The number of rotatable bonds is 2. The number of halogens is 1. The quantitative estimate of drug-likeness (QED) is 0.711. The molecule has 0 aliphatic heterocycles. The van der Waals surface area contributed by atoms with Crippen LogP contribution in [0.1, 0.15) is 0 Å². The molecule has 0 fully saturated rings. The molecule has 4 heteroatoms. The first kappa shape index (κ1) is 13.5. The smallest absolute Gasteiger partial charge is 0.261 e. The number of benzene rings is 2. The molecule has 104 valence electrons. The van der Waals surface area contributed by atoms with Crippen molar-refractivity contribution in [2.45, 2.75) is 0 Å². The Morgan fingerprint density at radius 2 is 1.24 bits per heavy atom. The van der Waals surface area contributed by atoms with E-state index in [0.29, 0.717) is 21.4 Å². The molecule has 0 saturated carbocycles. The van der Waals surface area contributed by atoms with Crippen LogP contribution in [-0.4, -0.2) is 9.13 Å². The Morgan fingerprint density at radius 3 is 1.76 bits per heavy atom. The van der Waals surface area contributed by atoms with E-state index in [1.54, 1.807) is 28.8 Å². The van der Waals surface area contributed by atoms with Crippen LogP contribution < -0.4 is 16.4 Å². The Kier molecular flexibility index (Phi) is 3.28. The first-order valence-corrected chi connectivity index (χ1v) is 6.80. The van der Waals surface area contributed by atoms with E-state index in [0.717, 1.165) is 5.69 Å². The van der Waals surface area contributed by atoms with E-state index in [9.17, 15) is 4.79 Å². The van der Waals surface area contributed by atoms with Gasteiger partial charge in [-0.3, -0.25) is 9.13 Å². The fraction of sp³-hybridized carbons (Fsp3) is 0. The van der Waals surface area contributed by atoms with E-state index in [1.807, 2.05) is 30.3 Å².